The van der Waals surface area contributed by atoms with Gasteiger partial charge in [-0.2, -0.15) is 13.2 Å². The quantitative estimate of drug-likeness (QED) is 0.659. The molecule has 2 aromatic rings. The molecule has 0 aromatic heterocycles. The van der Waals surface area contributed by atoms with E-state index in [0.29, 0.717) is 11.3 Å². The first-order valence-electron chi connectivity index (χ1n) is 5.82. The molecular weight excluding hydrogens is 272 g/mol. The van der Waals surface area contributed by atoms with E-state index >= 15 is 0 Å². The molecule has 0 saturated heterocycles. The van der Waals surface area contributed by atoms with E-state index in [0.717, 1.165) is 12.1 Å². The van der Waals surface area contributed by atoms with Crippen LogP contribution in [0, 0.1) is 5.82 Å². The normalized spacial score (nSPS) is 11.4. The van der Waals surface area contributed by atoms with E-state index in [2.05, 4.69) is 5.32 Å². The standard InChI is InChI=1S/C14H12F4N2/c15-11-2-1-3-12(13(11)19)20-8-9-4-6-10(7-5-9)14(16,17)18/h1-7,20H,8,19H2. The Bertz CT molecular complexity index is 591. The molecule has 106 valence electrons. The fourth-order valence-electron chi connectivity index (χ4n) is 1.70. The number of hydrogen-bond acceptors (Lipinski definition) is 2. The second kappa shape index (κ2) is 5.40. The summed E-state index contributed by atoms with van der Waals surface area (Å²) in [6.45, 7) is 0.256. The first kappa shape index (κ1) is 14.2. The van der Waals surface area contributed by atoms with Crippen molar-refractivity contribution < 1.29 is 17.6 Å². The summed E-state index contributed by atoms with van der Waals surface area (Å²) < 4.78 is 50.4. The van der Waals surface area contributed by atoms with Crippen LogP contribution in [0.3, 0.4) is 0 Å². The maximum atomic E-state index is 13.2. The number of alkyl halides is 3. The van der Waals surface area contributed by atoms with E-state index in [1.54, 1.807) is 6.07 Å². The van der Waals surface area contributed by atoms with Crippen molar-refractivity contribution in [1.82, 2.24) is 0 Å². The molecular formula is C14H12F4N2. The summed E-state index contributed by atoms with van der Waals surface area (Å²) in [6, 6.07) is 9.08. The number of nitrogens with two attached hydrogens (primary N) is 1. The monoisotopic (exact) mass is 284 g/mol. The van der Waals surface area contributed by atoms with Crippen LogP contribution >= 0.6 is 0 Å². The van der Waals surface area contributed by atoms with Gasteiger partial charge in [-0.15, -0.1) is 0 Å². The van der Waals surface area contributed by atoms with Crippen LogP contribution in [0.4, 0.5) is 28.9 Å². The van der Waals surface area contributed by atoms with Crippen molar-refractivity contribution in [3.05, 3.63) is 59.4 Å². The Morgan fingerprint density at radius 3 is 2.25 bits per heavy atom. The van der Waals surface area contributed by atoms with Crippen LogP contribution in [-0.2, 0) is 12.7 Å². The molecule has 0 aliphatic heterocycles. The fraction of sp³-hybridized carbons (Fsp3) is 0.143. The van der Waals surface area contributed by atoms with Gasteiger partial charge in [-0.1, -0.05) is 18.2 Å². The first-order chi connectivity index (χ1) is 9.38. The van der Waals surface area contributed by atoms with Gasteiger partial charge in [-0.05, 0) is 29.8 Å². The third kappa shape index (κ3) is 3.20. The van der Waals surface area contributed by atoms with Gasteiger partial charge in [0, 0.05) is 6.54 Å². The predicted molar refractivity (Wildman–Crippen MR) is 69.6 cm³/mol. The maximum absolute atomic E-state index is 13.2. The van der Waals surface area contributed by atoms with Gasteiger partial charge in [-0.3, -0.25) is 0 Å². The van der Waals surface area contributed by atoms with Crippen molar-refractivity contribution in [1.29, 1.82) is 0 Å². The molecule has 0 aliphatic rings. The summed E-state index contributed by atoms with van der Waals surface area (Å²) in [5, 5.41) is 2.88. The van der Waals surface area contributed by atoms with Crippen LogP contribution in [0.5, 0.6) is 0 Å². The maximum Gasteiger partial charge on any atom is 0.416 e. The third-order valence-corrected chi connectivity index (χ3v) is 2.82. The molecule has 0 unspecified atom stereocenters. The zero-order valence-corrected chi connectivity index (χ0v) is 10.3. The average molecular weight is 284 g/mol. The highest BCUT2D eigenvalue weighted by atomic mass is 19.4. The van der Waals surface area contributed by atoms with Crippen LogP contribution in [0.25, 0.3) is 0 Å². The molecule has 0 spiro atoms. The Morgan fingerprint density at radius 1 is 1.00 bits per heavy atom. The summed E-state index contributed by atoms with van der Waals surface area (Å²) >= 11 is 0. The molecule has 6 heteroatoms. The molecule has 0 aliphatic carbocycles. The lowest BCUT2D eigenvalue weighted by Gasteiger charge is -2.11. The number of benzene rings is 2. The first-order valence-corrected chi connectivity index (χ1v) is 5.82. The molecule has 2 rings (SSSR count). The van der Waals surface area contributed by atoms with Crippen molar-refractivity contribution in [2.45, 2.75) is 12.7 Å². The van der Waals surface area contributed by atoms with E-state index in [-0.39, 0.29) is 12.2 Å². The Balaban J connectivity index is 2.06. The highest BCUT2D eigenvalue weighted by Crippen LogP contribution is 2.29. The summed E-state index contributed by atoms with van der Waals surface area (Å²) in [4.78, 5) is 0. The second-order valence-electron chi connectivity index (χ2n) is 4.25. The molecule has 0 bridgehead atoms. The number of anilines is 2. The van der Waals surface area contributed by atoms with Gasteiger partial charge in [0.25, 0.3) is 0 Å². The van der Waals surface area contributed by atoms with Gasteiger partial charge in [0.1, 0.15) is 5.82 Å². The fourth-order valence-corrected chi connectivity index (χ4v) is 1.70. The molecule has 0 heterocycles. The second-order valence-corrected chi connectivity index (χ2v) is 4.25. The lowest BCUT2D eigenvalue weighted by atomic mass is 10.1. The van der Waals surface area contributed by atoms with E-state index in [9.17, 15) is 17.6 Å². The highest BCUT2D eigenvalue weighted by Gasteiger charge is 2.29. The smallest absolute Gasteiger partial charge is 0.395 e. The molecule has 0 saturated carbocycles. The summed E-state index contributed by atoms with van der Waals surface area (Å²) in [6.07, 6.45) is -4.35. The zero-order valence-electron chi connectivity index (χ0n) is 10.3. The summed E-state index contributed by atoms with van der Waals surface area (Å²) in [7, 11) is 0. The number of halogens is 4. The zero-order chi connectivity index (χ0) is 14.8. The number of rotatable bonds is 3. The largest absolute Gasteiger partial charge is 0.416 e. The average Bonchev–Trinajstić information content (AvgIpc) is 2.40. The number of nitrogens with one attached hydrogen (secondary N) is 1. The molecule has 3 N–H and O–H groups in total. The SMILES string of the molecule is Nc1c(F)cccc1NCc1ccc(C(F)(F)F)cc1. The predicted octanol–water partition coefficient (Wildman–Crippen LogP) is 4.04. The van der Waals surface area contributed by atoms with Gasteiger partial charge in [0.15, 0.2) is 0 Å². The minimum Gasteiger partial charge on any atom is -0.395 e. The van der Waals surface area contributed by atoms with Crippen LogP contribution in [0.1, 0.15) is 11.1 Å². The van der Waals surface area contributed by atoms with Gasteiger partial charge in [-0.25, -0.2) is 4.39 Å². The van der Waals surface area contributed by atoms with E-state index in [1.165, 1.54) is 24.3 Å². The van der Waals surface area contributed by atoms with Crippen LogP contribution in [-0.4, -0.2) is 0 Å². The third-order valence-electron chi connectivity index (χ3n) is 2.82. The molecule has 0 radical (unpaired) electrons. The lowest BCUT2D eigenvalue weighted by Crippen LogP contribution is -2.06. The molecule has 0 fully saturated rings. The molecule has 20 heavy (non-hydrogen) atoms. The van der Waals surface area contributed by atoms with E-state index in [4.69, 9.17) is 5.73 Å². The molecule has 2 nitrogen and oxygen atoms in total. The van der Waals surface area contributed by atoms with E-state index < -0.39 is 17.6 Å². The van der Waals surface area contributed by atoms with Crippen LogP contribution in [0.15, 0.2) is 42.5 Å². The van der Waals surface area contributed by atoms with Gasteiger partial charge < -0.3 is 11.1 Å². The van der Waals surface area contributed by atoms with Gasteiger partial charge in [0.05, 0.1) is 16.9 Å². The van der Waals surface area contributed by atoms with Crippen LogP contribution in [0.2, 0.25) is 0 Å². The highest BCUT2D eigenvalue weighted by molar-refractivity contribution is 5.66. The van der Waals surface area contributed by atoms with Gasteiger partial charge >= 0.3 is 6.18 Å². The molecule has 2 aromatic carbocycles. The van der Waals surface area contributed by atoms with Gasteiger partial charge in [0.2, 0.25) is 0 Å². The number of hydrogen-bond donors (Lipinski definition) is 2. The van der Waals surface area contributed by atoms with Crippen molar-refractivity contribution >= 4 is 11.4 Å². The van der Waals surface area contributed by atoms with E-state index in [1.807, 2.05) is 0 Å². The number of nitrogen functional groups attached to an aromatic ring is 1. The Labute approximate surface area is 113 Å². The molecule has 0 atom stereocenters. The number of para-hydroxylation sites is 1. The van der Waals surface area contributed by atoms with Crippen molar-refractivity contribution in [3.63, 3.8) is 0 Å². The van der Waals surface area contributed by atoms with Crippen molar-refractivity contribution in [2.75, 3.05) is 11.1 Å². The Kier molecular flexibility index (Phi) is 3.83. The summed E-state index contributed by atoms with van der Waals surface area (Å²) in [5.41, 5.74) is 5.87. The topological polar surface area (TPSA) is 38.0 Å². The van der Waals surface area contributed by atoms with Crippen molar-refractivity contribution in [2.24, 2.45) is 0 Å². The minimum atomic E-state index is -4.35. The summed E-state index contributed by atoms with van der Waals surface area (Å²) in [5.74, 6) is -0.539. The molecule has 0 amide bonds. The lowest BCUT2D eigenvalue weighted by molar-refractivity contribution is -0.137. The minimum absolute atomic E-state index is 0.0144. The Morgan fingerprint density at radius 2 is 1.65 bits per heavy atom. The Hall–Kier alpha value is -2.24. The van der Waals surface area contributed by atoms with Crippen LogP contribution < -0.4 is 11.1 Å². The van der Waals surface area contributed by atoms with Crippen molar-refractivity contribution in [3.8, 4) is 0 Å².